The number of ether oxygens (including phenoxy) is 1. The number of aromatic hydroxyl groups is 1. The van der Waals surface area contributed by atoms with Crippen molar-refractivity contribution in [2.45, 2.75) is 70.1 Å². The van der Waals surface area contributed by atoms with Crippen molar-refractivity contribution in [2.24, 2.45) is 0 Å². The van der Waals surface area contributed by atoms with Gasteiger partial charge in [-0.2, -0.15) is 0 Å². The average Bonchev–Trinajstić information content (AvgIpc) is 2.75. The van der Waals surface area contributed by atoms with Gasteiger partial charge in [0, 0.05) is 24.7 Å². The third-order valence-electron chi connectivity index (χ3n) is 6.75. The van der Waals surface area contributed by atoms with E-state index in [1.807, 2.05) is 24.8 Å². The van der Waals surface area contributed by atoms with Crippen LogP contribution in [-0.2, 0) is 4.79 Å². The number of carbonyl (C=O) groups is 1. The van der Waals surface area contributed by atoms with E-state index in [2.05, 4.69) is 4.90 Å². The molecule has 3 heterocycles. The Morgan fingerprint density at radius 2 is 1.70 bits per heavy atom. The number of aliphatic hydroxyl groups is 1. The Bertz CT molecular complexity index is 808. The Morgan fingerprint density at radius 1 is 1.07 bits per heavy atom. The molecule has 3 aliphatic rings. The van der Waals surface area contributed by atoms with Crippen LogP contribution in [0.3, 0.4) is 0 Å². The van der Waals surface area contributed by atoms with Gasteiger partial charge in [0.15, 0.2) is 0 Å². The number of aliphatic hydroxyl groups excluding tert-OH is 1. The van der Waals surface area contributed by atoms with Crippen LogP contribution in [0.15, 0.2) is 18.2 Å². The lowest BCUT2D eigenvalue weighted by atomic mass is 9.83. The SMILES string of the molecule is CC1(C)Oc2ccc(/C=C/C(=O)N3CCCCC3)c(O)c2[C@H](N2CCCCC2)[C@@H]1O. The van der Waals surface area contributed by atoms with Crippen LogP contribution in [0, 0.1) is 0 Å². The highest BCUT2D eigenvalue weighted by molar-refractivity contribution is 5.92. The van der Waals surface area contributed by atoms with E-state index in [0.29, 0.717) is 16.9 Å². The Hall–Kier alpha value is -2.05. The number of amides is 1. The number of nitrogens with zero attached hydrogens (tertiary/aromatic N) is 2. The van der Waals surface area contributed by atoms with Crippen LogP contribution in [0.1, 0.15) is 69.5 Å². The third-order valence-corrected chi connectivity index (χ3v) is 6.75. The van der Waals surface area contributed by atoms with Crippen LogP contribution in [0.4, 0.5) is 0 Å². The normalized spacial score (nSPS) is 27.0. The molecular weight excluding hydrogens is 380 g/mol. The minimum absolute atomic E-state index is 0.0168. The van der Waals surface area contributed by atoms with Crippen molar-refractivity contribution >= 4 is 12.0 Å². The van der Waals surface area contributed by atoms with Crippen molar-refractivity contribution < 1.29 is 19.7 Å². The predicted octanol–water partition coefficient (Wildman–Crippen LogP) is 3.48. The van der Waals surface area contributed by atoms with Gasteiger partial charge in [-0.1, -0.05) is 6.42 Å². The summed E-state index contributed by atoms with van der Waals surface area (Å²) in [5.41, 5.74) is 0.469. The zero-order chi connectivity index (χ0) is 21.3. The number of phenolic OH excluding ortho intramolecular Hbond substituents is 1. The highest BCUT2D eigenvalue weighted by Crippen LogP contribution is 2.48. The van der Waals surface area contributed by atoms with Gasteiger partial charge < -0.3 is 19.8 Å². The molecule has 164 valence electrons. The zero-order valence-electron chi connectivity index (χ0n) is 18.1. The van der Waals surface area contributed by atoms with E-state index >= 15 is 0 Å². The first-order chi connectivity index (χ1) is 14.4. The second-order valence-electron chi connectivity index (χ2n) is 9.33. The third kappa shape index (κ3) is 4.08. The number of carbonyl (C=O) groups excluding carboxylic acids is 1. The van der Waals surface area contributed by atoms with Gasteiger partial charge in [-0.15, -0.1) is 0 Å². The maximum atomic E-state index is 12.5. The van der Waals surface area contributed by atoms with Crippen molar-refractivity contribution in [1.29, 1.82) is 0 Å². The lowest BCUT2D eigenvalue weighted by molar-refractivity contribution is -0.126. The van der Waals surface area contributed by atoms with Crippen molar-refractivity contribution in [2.75, 3.05) is 26.2 Å². The Kier molecular flexibility index (Phi) is 6.07. The predicted molar refractivity (Wildman–Crippen MR) is 116 cm³/mol. The van der Waals surface area contributed by atoms with Crippen LogP contribution in [0.25, 0.3) is 6.08 Å². The summed E-state index contributed by atoms with van der Waals surface area (Å²) in [6, 6.07) is 3.31. The molecule has 1 amide bonds. The van der Waals surface area contributed by atoms with Crippen LogP contribution in [0.2, 0.25) is 0 Å². The molecule has 1 aromatic rings. The number of piperidine rings is 2. The number of hydrogen-bond acceptors (Lipinski definition) is 5. The van der Waals surface area contributed by atoms with Gasteiger partial charge in [-0.05, 0) is 77.2 Å². The summed E-state index contributed by atoms with van der Waals surface area (Å²) >= 11 is 0. The van der Waals surface area contributed by atoms with Gasteiger partial charge >= 0.3 is 0 Å². The molecule has 2 N–H and O–H groups in total. The molecule has 6 nitrogen and oxygen atoms in total. The van der Waals surface area contributed by atoms with Crippen LogP contribution < -0.4 is 4.74 Å². The fraction of sp³-hybridized carbons (Fsp3) is 0.625. The lowest BCUT2D eigenvalue weighted by Gasteiger charge is -2.47. The van der Waals surface area contributed by atoms with Gasteiger partial charge in [-0.25, -0.2) is 0 Å². The van der Waals surface area contributed by atoms with E-state index < -0.39 is 11.7 Å². The molecule has 2 atom stereocenters. The number of hydrogen-bond donors (Lipinski definition) is 2. The van der Waals surface area contributed by atoms with Gasteiger partial charge in [0.25, 0.3) is 0 Å². The monoisotopic (exact) mass is 414 g/mol. The molecule has 6 heteroatoms. The summed E-state index contributed by atoms with van der Waals surface area (Å²) < 4.78 is 6.07. The van der Waals surface area contributed by atoms with Crippen LogP contribution in [-0.4, -0.2) is 63.8 Å². The van der Waals surface area contributed by atoms with Crippen molar-refractivity contribution in [3.05, 3.63) is 29.3 Å². The topological polar surface area (TPSA) is 73.2 Å². The second kappa shape index (κ2) is 8.60. The smallest absolute Gasteiger partial charge is 0.246 e. The molecule has 0 unspecified atom stereocenters. The minimum atomic E-state index is -0.761. The second-order valence-corrected chi connectivity index (χ2v) is 9.33. The fourth-order valence-corrected chi connectivity index (χ4v) is 4.96. The van der Waals surface area contributed by atoms with E-state index in [4.69, 9.17) is 4.74 Å². The summed E-state index contributed by atoms with van der Waals surface area (Å²) in [5.74, 6) is 0.690. The Labute approximate surface area is 179 Å². The maximum Gasteiger partial charge on any atom is 0.246 e. The van der Waals surface area contributed by atoms with Gasteiger partial charge in [0.1, 0.15) is 23.2 Å². The van der Waals surface area contributed by atoms with E-state index in [0.717, 1.165) is 51.9 Å². The van der Waals surface area contributed by atoms with E-state index in [1.54, 1.807) is 18.2 Å². The highest BCUT2D eigenvalue weighted by Gasteiger charge is 2.47. The van der Waals surface area contributed by atoms with Gasteiger partial charge in [0.05, 0.1) is 11.6 Å². The molecule has 0 saturated carbocycles. The first kappa shape index (κ1) is 21.2. The van der Waals surface area contributed by atoms with Crippen LogP contribution >= 0.6 is 0 Å². The summed E-state index contributed by atoms with van der Waals surface area (Å²) in [6.07, 6.45) is 9.12. The summed E-state index contributed by atoms with van der Waals surface area (Å²) in [4.78, 5) is 16.6. The lowest BCUT2D eigenvalue weighted by Crippen LogP contribution is -2.54. The molecule has 30 heavy (non-hydrogen) atoms. The number of rotatable bonds is 3. The van der Waals surface area contributed by atoms with Crippen molar-refractivity contribution in [3.63, 3.8) is 0 Å². The molecule has 2 fully saturated rings. The number of likely N-dealkylation sites (tertiary alicyclic amines) is 2. The molecule has 1 aromatic carbocycles. The quantitative estimate of drug-likeness (QED) is 0.741. The molecule has 2 saturated heterocycles. The first-order valence-electron chi connectivity index (χ1n) is 11.3. The van der Waals surface area contributed by atoms with Gasteiger partial charge in [-0.3, -0.25) is 9.69 Å². The summed E-state index contributed by atoms with van der Waals surface area (Å²) in [7, 11) is 0. The first-order valence-corrected chi connectivity index (χ1v) is 11.3. The number of benzene rings is 1. The molecule has 4 rings (SSSR count). The molecular formula is C24H34N2O4. The number of fused-ring (bicyclic) bond motifs is 1. The highest BCUT2D eigenvalue weighted by atomic mass is 16.5. The maximum absolute atomic E-state index is 12.5. The molecule has 0 aliphatic carbocycles. The standard InChI is InChI=1S/C24H34N2O4/c1-24(2)23(29)21(26-15-7-4-8-16-26)20-18(30-24)11-9-17(22(20)28)10-12-19(27)25-13-5-3-6-14-25/h9-12,21,23,28-29H,3-8,13-16H2,1-2H3/b12-10+/t21-,23-/m0/s1. The Morgan fingerprint density at radius 3 is 2.37 bits per heavy atom. The Balaban J connectivity index is 1.65. The van der Waals surface area contributed by atoms with Crippen molar-refractivity contribution in [1.82, 2.24) is 9.80 Å². The van der Waals surface area contributed by atoms with Crippen molar-refractivity contribution in [3.8, 4) is 11.5 Å². The number of phenols is 1. The van der Waals surface area contributed by atoms with E-state index in [1.165, 1.54) is 12.8 Å². The molecule has 0 radical (unpaired) electrons. The van der Waals surface area contributed by atoms with E-state index in [9.17, 15) is 15.0 Å². The molecule has 0 aromatic heterocycles. The molecule has 3 aliphatic heterocycles. The van der Waals surface area contributed by atoms with Gasteiger partial charge in [0.2, 0.25) is 5.91 Å². The summed E-state index contributed by atoms with van der Waals surface area (Å²) in [6.45, 7) is 7.16. The summed E-state index contributed by atoms with van der Waals surface area (Å²) in [5, 5.41) is 22.3. The average molecular weight is 415 g/mol. The largest absolute Gasteiger partial charge is 0.507 e. The molecule has 0 bridgehead atoms. The van der Waals surface area contributed by atoms with E-state index in [-0.39, 0.29) is 17.7 Å². The zero-order valence-corrected chi connectivity index (χ0v) is 18.1. The fourth-order valence-electron chi connectivity index (χ4n) is 4.96. The van der Waals surface area contributed by atoms with Crippen LogP contribution in [0.5, 0.6) is 11.5 Å². The minimum Gasteiger partial charge on any atom is -0.507 e. The molecule has 0 spiro atoms.